The van der Waals surface area contributed by atoms with Crippen molar-refractivity contribution in [2.45, 2.75) is 33.2 Å². The summed E-state index contributed by atoms with van der Waals surface area (Å²) in [6.07, 6.45) is 0.598. The van der Waals surface area contributed by atoms with E-state index in [2.05, 4.69) is 26.1 Å². The van der Waals surface area contributed by atoms with Crippen molar-refractivity contribution in [3.63, 3.8) is 0 Å². The Morgan fingerprint density at radius 2 is 1.93 bits per heavy atom. The predicted molar refractivity (Wildman–Crippen MR) is 62.3 cm³/mol. The number of rotatable bonds is 0. The highest BCUT2D eigenvalue weighted by Gasteiger charge is 2.31. The van der Waals surface area contributed by atoms with Crippen LogP contribution in [-0.2, 0) is 0 Å². The zero-order chi connectivity index (χ0) is 11.1. The maximum Gasteiger partial charge on any atom is 0.167 e. The van der Waals surface area contributed by atoms with Crippen LogP contribution in [0.5, 0.6) is 0 Å². The van der Waals surface area contributed by atoms with Crippen LogP contribution < -0.4 is 5.32 Å². The molecule has 2 rings (SSSR count). The van der Waals surface area contributed by atoms with Gasteiger partial charge in [-0.05, 0) is 17.5 Å². The van der Waals surface area contributed by atoms with E-state index in [1.807, 2.05) is 24.3 Å². The first kappa shape index (κ1) is 10.2. The summed E-state index contributed by atoms with van der Waals surface area (Å²) in [5.41, 5.74) is 1.93. The molecule has 1 atom stereocenters. The molecule has 0 bridgehead atoms. The lowest BCUT2D eigenvalue weighted by Gasteiger charge is -2.35. The van der Waals surface area contributed by atoms with Crippen molar-refractivity contribution in [1.82, 2.24) is 0 Å². The summed E-state index contributed by atoms with van der Waals surface area (Å²) in [5, 5.41) is 3.45. The maximum absolute atomic E-state index is 11.9. The summed E-state index contributed by atoms with van der Waals surface area (Å²) in [5.74, 6) is 0.254. The molecule has 2 heteroatoms. The van der Waals surface area contributed by atoms with Gasteiger partial charge in [0, 0.05) is 23.7 Å². The van der Waals surface area contributed by atoms with E-state index < -0.39 is 0 Å². The summed E-state index contributed by atoms with van der Waals surface area (Å²) < 4.78 is 0. The third-order valence-corrected chi connectivity index (χ3v) is 2.99. The minimum atomic E-state index is 0.114. The Labute approximate surface area is 90.7 Å². The molecule has 1 heterocycles. The number of nitrogens with one attached hydrogen (secondary N) is 1. The fourth-order valence-corrected chi connectivity index (χ4v) is 1.91. The third-order valence-electron chi connectivity index (χ3n) is 2.99. The van der Waals surface area contributed by atoms with Crippen molar-refractivity contribution >= 4 is 11.5 Å². The molecule has 0 aromatic heterocycles. The molecule has 0 saturated heterocycles. The molecule has 0 radical (unpaired) electrons. The SMILES string of the molecule is CC(C)(C)C1CC(=O)c2ccccc2N1. The Morgan fingerprint density at radius 3 is 2.60 bits per heavy atom. The average Bonchev–Trinajstić information content (AvgIpc) is 2.16. The molecule has 80 valence electrons. The summed E-state index contributed by atoms with van der Waals surface area (Å²) >= 11 is 0. The number of hydrogen-bond acceptors (Lipinski definition) is 2. The van der Waals surface area contributed by atoms with Crippen molar-refractivity contribution in [3.05, 3.63) is 29.8 Å². The van der Waals surface area contributed by atoms with E-state index in [-0.39, 0.29) is 17.2 Å². The molecule has 15 heavy (non-hydrogen) atoms. The Balaban J connectivity index is 2.35. The van der Waals surface area contributed by atoms with Crippen LogP contribution in [-0.4, -0.2) is 11.8 Å². The first-order valence-electron chi connectivity index (χ1n) is 5.37. The second-order valence-corrected chi connectivity index (χ2v) is 5.24. The lowest BCUT2D eigenvalue weighted by atomic mass is 9.80. The van der Waals surface area contributed by atoms with Gasteiger partial charge in [0.1, 0.15) is 0 Å². The number of fused-ring (bicyclic) bond motifs is 1. The van der Waals surface area contributed by atoms with Crippen LogP contribution in [0.3, 0.4) is 0 Å². The molecule has 1 aromatic carbocycles. The molecular formula is C13H17NO. The average molecular weight is 203 g/mol. The van der Waals surface area contributed by atoms with E-state index in [4.69, 9.17) is 0 Å². The van der Waals surface area contributed by atoms with E-state index in [1.54, 1.807) is 0 Å². The van der Waals surface area contributed by atoms with Gasteiger partial charge in [-0.15, -0.1) is 0 Å². The summed E-state index contributed by atoms with van der Waals surface area (Å²) in [7, 11) is 0. The van der Waals surface area contributed by atoms with Gasteiger partial charge in [-0.3, -0.25) is 4.79 Å². The van der Waals surface area contributed by atoms with Gasteiger partial charge in [0.05, 0.1) is 0 Å². The normalized spacial score (nSPS) is 20.7. The van der Waals surface area contributed by atoms with Crippen LogP contribution >= 0.6 is 0 Å². The van der Waals surface area contributed by atoms with Crippen LogP contribution in [0, 0.1) is 5.41 Å². The topological polar surface area (TPSA) is 29.1 Å². The highest BCUT2D eigenvalue weighted by Crippen LogP contribution is 2.32. The standard InChI is InChI=1S/C13H17NO/c1-13(2,3)12-8-11(15)9-6-4-5-7-10(9)14-12/h4-7,12,14H,8H2,1-3H3. The second kappa shape index (κ2) is 3.37. The number of Topliss-reactive ketones (excluding diaryl/α,β-unsaturated/α-hetero) is 1. The molecule has 1 N–H and O–H groups in total. The molecule has 0 amide bonds. The van der Waals surface area contributed by atoms with Gasteiger partial charge in [-0.25, -0.2) is 0 Å². The number of carbonyl (C=O) groups is 1. The van der Waals surface area contributed by atoms with Crippen molar-refractivity contribution in [1.29, 1.82) is 0 Å². The van der Waals surface area contributed by atoms with Crippen molar-refractivity contribution in [3.8, 4) is 0 Å². The molecule has 0 saturated carbocycles. The molecule has 0 aliphatic carbocycles. The van der Waals surface area contributed by atoms with Gasteiger partial charge < -0.3 is 5.32 Å². The second-order valence-electron chi connectivity index (χ2n) is 5.24. The Morgan fingerprint density at radius 1 is 1.27 bits per heavy atom. The number of hydrogen-bond donors (Lipinski definition) is 1. The largest absolute Gasteiger partial charge is 0.381 e. The number of carbonyl (C=O) groups excluding carboxylic acids is 1. The minimum Gasteiger partial charge on any atom is -0.381 e. The van der Waals surface area contributed by atoms with Gasteiger partial charge in [0.25, 0.3) is 0 Å². The number of ketones is 1. The van der Waals surface area contributed by atoms with Gasteiger partial charge in [0.2, 0.25) is 0 Å². The van der Waals surface area contributed by atoms with Gasteiger partial charge in [-0.2, -0.15) is 0 Å². The van der Waals surface area contributed by atoms with Crippen LogP contribution in [0.15, 0.2) is 24.3 Å². The zero-order valence-corrected chi connectivity index (χ0v) is 9.50. The van der Waals surface area contributed by atoms with E-state index in [0.717, 1.165) is 11.3 Å². The fourth-order valence-electron chi connectivity index (χ4n) is 1.91. The van der Waals surface area contributed by atoms with Crippen molar-refractivity contribution < 1.29 is 4.79 Å². The van der Waals surface area contributed by atoms with Crippen molar-refractivity contribution in [2.75, 3.05) is 5.32 Å². The first-order valence-corrected chi connectivity index (χ1v) is 5.37. The molecular weight excluding hydrogens is 186 g/mol. The van der Waals surface area contributed by atoms with Crippen LogP contribution in [0.2, 0.25) is 0 Å². The fraction of sp³-hybridized carbons (Fsp3) is 0.462. The van der Waals surface area contributed by atoms with E-state index in [1.165, 1.54) is 0 Å². The summed E-state index contributed by atoms with van der Waals surface area (Å²) in [6, 6.07) is 7.98. The third kappa shape index (κ3) is 1.89. The first-order chi connectivity index (χ1) is 6.98. The molecule has 1 aliphatic heterocycles. The monoisotopic (exact) mass is 203 g/mol. The molecule has 1 unspecified atom stereocenters. The Hall–Kier alpha value is -1.31. The smallest absolute Gasteiger partial charge is 0.167 e. The lowest BCUT2D eigenvalue weighted by Crippen LogP contribution is -2.39. The molecule has 2 nitrogen and oxygen atoms in total. The quantitative estimate of drug-likeness (QED) is 0.702. The van der Waals surface area contributed by atoms with Gasteiger partial charge in [0.15, 0.2) is 5.78 Å². The number of benzene rings is 1. The highest BCUT2D eigenvalue weighted by atomic mass is 16.1. The lowest BCUT2D eigenvalue weighted by molar-refractivity contribution is 0.0951. The molecule has 1 aromatic rings. The summed E-state index contributed by atoms with van der Waals surface area (Å²) in [4.78, 5) is 11.9. The molecule has 0 fully saturated rings. The van der Waals surface area contributed by atoms with E-state index >= 15 is 0 Å². The van der Waals surface area contributed by atoms with Gasteiger partial charge >= 0.3 is 0 Å². The predicted octanol–water partition coefficient (Wildman–Crippen LogP) is 3.10. The van der Waals surface area contributed by atoms with E-state index in [9.17, 15) is 4.79 Å². The molecule has 0 spiro atoms. The number of para-hydroxylation sites is 1. The Bertz CT molecular complexity index is 390. The van der Waals surface area contributed by atoms with E-state index in [0.29, 0.717) is 6.42 Å². The van der Waals surface area contributed by atoms with Crippen LogP contribution in [0.1, 0.15) is 37.6 Å². The summed E-state index contributed by atoms with van der Waals surface area (Å²) in [6.45, 7) is 6.48. The van der Waals surface area contributed by atoms with Crippen molar-refractivity contribution in [2.24, 2.45) is 5.41 Å². The zero-order valence-electron chi connectivity index (χ0n) is 9.50. The Kier molecular flexibility index (Phi) is 2.29. The van der Waals surface area contributed by atoms with Crippen LogP contribution in [0.4, 0.5) is 5.69 Å². The minimum absolute atomic E-state index is 0.114. The number of anilines is 1. The molecule has 1 aliphatic rings. The van der Waals surface area contributed by atoms with Gasteiger partial charge in [-0.1, -0.05) is 32.9 Å². The highest BCUT2D eigenvalue weighted by molar-refractivity contribution is 6.03. The van der Waals surface area contributed by atoms with Crippen LogP contribution in [0.25, 0.3) is 0 Å². The maximum atomic E-state index is 11.9.